The van der Waals surface area contributed by atoms with E-state index in [2.05, 4.69) is 63.4 Å². The van der Waals surface area contributed by atoms with E-state index >= 15 is 0 Å². The predicted octanol–water partition coefficient (Wildman–Crippen LogP) is 2.76. The Morgan fingerprint density at radius 1 is 1.18 bits per heavy atom. The van der Waals surface area contributed by atoms with Gasteiger partial charge >= 0.3 is 0 Å². The van der Waals surface area contributed by atoms with Gasteiger partial charge in [0, 0.05) is 17.6 Å². The molecule has 0 spiro atoms. The van der Waals surface area contributed by atoms with Crippen molar-refractivity contribution in [2.45, 2.75) is 58.2 Å². The molecule has 120 valence electrons. The maximum Gasteiger partial charge on any atom is 0.0671 e. The summed E-state index contributed by atoms with van der Waals surface area (Å²) in [5, 5.41) is 11.2. The van der Waals surface area contributed by atoms with Gasteiger partial charge in [-0.05, 0) is 57.6 Å². The fourth-order valence-corrected chi connectivity index (χ4v) is 3.92. The van der Waals surface area contributed by atoms with Crippen molar-refractivity contribution < 1.29 is 9.90 Å². The van der Waals surface area contributed by atoms with Crippen LogP contribution in [-0.4, -0.2) is 21.9 Å². The van der Waals surface area contributed by atoms with Gasteiger partial charge < -0.3 is 9.90 Å². The van der Waals surface area contributed by atoms with E-state index in [-0.39, 0.29) is 22.6 Å². The lowest BCUT2D eigenvalue weighted by atomic mass is 9.71. The second kappa shape index (κ2) is 5.88. The molecular formula is C19H26NO2-. The van der Waals surface area contributed by atoms with Crippen molar-refractivity contribution in [3.8, 4) is 0 Å². The number of aliphatic carboxylic acids is 1. The standard InChI is InChI=1S/C19H27NO2/c1-14(17(21)22)16-11-18(2,3)20(19(4,5)12-16)13-15-9-7-6-8-10-15/h6-10,16H,1,11-13H2,2-5H3,(H,21,22)/p-1. The van der Waals surface area contributed by atoms with E-state index < -0.39 is 5.97 Å². The zero-order valence-corrected chi connectivity index (χ0v) is 14.1. The molecule has 1 aromatic rings. The van der Waals surface area contributed by atoms with E-state index in [1.807, 2.05) is 6.07 Å². The molecule has 0 radical (unpaired) electrons. The minimum Gasteiger partial charge on any atom is -0.545 e. The third-order valence-corrected chi connectivity index (χ3v) is 4.89. The van der Waals surface area contributed by atoms with Gasteiger partial charge in [0.05, 0.1) is 5.97 Å². The third kappa shape index (κ3) is 3.41. The van der Waals surface area contributed by atoms with Gasteiger partial charge in [-0.3, -0.25) is 4.90 Å². The van der Waals surface area contributed by atoms with Gasteiger partial charge in [0.15, 0.2) is 0 Å². The number of rotatable bonds is 4. The lowest BCUT2D eigenvalue weighted by Gasteiger charge is -2.56. The number of hydrogen-bond donors (Lipinski definition) is 0. The Kier molecular flexibility index (Phi) is 4.48. The third-order valence-electron chi connectivity index (χ3n) is 4.89. The maximum absolute atomic E-state index is 11.2. The first kappa shape index (κ1) is 16.8. The molecule has 22 heavy (non-hydrogen) atoms. The Balaban J connectivity index is 2.25. The van der Waals surface area contributed by atoms with Gasteiger partial charge in [-0.1, -0.05) is 36.9 Å². The first-order valence-corrected chi connectivity index (χ1v) is 7.85. The Hall–Kier alpha value is -1.61. The summed E-state index contributed by atoms with van der Waals surface area (Å²) in [7, 11) is 0. The van der Waals surface area contributed by atoms with E-state index in [4.69, 9.17) is 0 Å². The molecule has 3 heteroatoms. The fraction of sp³-hybridized carbons (Fsp3) is 0.526. The van der Waals surface area contributed by atoms with E-state index in [0.717, 1.165) is 19.4 Å². The maximum atomic E-state index is 11.2. The van der Waals surface area contributed by atoms with Crippen LogP contribution < -0.4 is 5.11 Å². The van der Waals surface area contributed by atoms with Crippen molar-refractivity contribution in [1.82, 2.24) is 4.90 Å². The van der Waals surface area contributed by atoms with Crippen LogP contribution >= 0.6 is 0 Å². The molecule has 0 aliphatic carbocycles. The van der Waals surface area contributed by atoms with Crippen LogP contribution in [0.25, 0.3) is 0 Å². The molecule has 0 amide bonds. The molecule has 0 N–H and O–H groups in total. The van der Waals surface area contributed by atoms with Crippen molar-refractivity contribution in [3.63, 3.8) is 0 Å². The van der Waals surface area contributed by atoms with Crippen LogP contribution in [0.3, 0.4) is 0 Å². The Morgan fingerprint density at radius 2 is 1.68 bits per heavy atom. The van der Waals surface area contributed by atoms with Gasteiger partial charge in [-0.2, -0.15) is 0 Å². The SMILES string of the molecule is C=C(C(=O)[O-])C1CC(C)(C)N(Cc2ccccc2)C(C)(C)C1. The summed E-state index contributed by atoms with van der Waals surface area (Å²) >= 11 is 0. The molecule has 0 saturated carbocycles. The summed E-state index contributed by atoms with van der Waals surface area (Å²) in [6.07, 6.45) is 1.58. The van der Waals surface area contributed by atoms with Gasteiger partial charge in [-0.15, -0.1) is 0 Å². The first-order valence-electron chi connectivity index (χ1n) is 7.85. The second-order valence-corrected chi connectivity index (χ2v) is 7.61. The van der Waals surface area contributed by atoms with Crippen LogP contribution in [0.1, 0.15) is 46.1 Å². The smallest absolute Gasteiger partial charge is 0.0671 e. The van der Waals surface area contributed by atoms with Gasteiger partial charge in [0.1, 0.15) is 0 Å². The number of carboxylic acids is 1. The molecule has 1 fully saturated rings. The molecule has 1 saturated heterocycles. The molecule has 0 bridgehead atoms. The van der Waals surface area contributed by atoms with Gasteiger partial charge in [0.2, 0.25) is 0 Å². The quantitative estimate of drug-likeness (QED) is 0.803. The number of nitrogens with zero attached hydrogens (tertiary/aromatic N) is 1. The van der Waals surface area contributed by atoms with Gasteiger partial charge in [-0.25, -0.2) is 0 Å². The lowest BCUT2D eigenvalue weighted by Crippen LogP contribution is -2.60. The summed E-state index contributed by atoms with van der Waals surface area (Å²) in [5.41, 5.74) is 1.32. The topological polar surface area (TPSA) is 43.4 Å². The monoisotopic (exact) mass is 300 g/mol. The van der Waals surface area contributed by atoms with E-state index in [0.29, 0.717) is 0 Å². The summed E-state index contributed by atoms with van der Waals surface area (Å²) in [4.78, 5) is 13.6. The summed E-state index contributed by atoms with van der Waals surface area (Å²) < 4.78 is 0. The van der Waals surface area contributed by atoms with Crippen molar-refractivity contribution in [3.05, 3.63) is 48.0 Å². The normalized spacial score (nSPS) is 21.5. The predicted molar refractivity (Wildman–Crippen MR) is 87.0 cm³/mol. The summed E-state index contributed by atoms with van der Waals surface area (Å²) in [6, 6.07) is 10.4. The van der Waals surface area contributed by atoms with Crippen LogP contribution in [0.4, 0.5) is 0 Å². The Bertz CT molecular complexity index is 542. The number of benzene rings is 1. The fourth-order valence-electron chi connectivity index (χ4n) is 3.92. The number of hydrogen-bond acceptors (Lipinski definition) is 3. The first-order chi connectivity index (χ1) is 10.1. The minimum absolute atomic E-state index is 0.0259. The highest BCUT2D eigenvalue weighted by Gasteiger charge is 2.45. The summed E-state index contributed by atoms with van der Waals surface area (Å²) in [5.74, 6) is -1.14. The van der Waals surface area contributed by atoms with Crippen LogP contribution in [-0.2, 0) is 11.3 Å². The molecule has 0 atom stereocenters. The van der Waals surface area contributed by atoms with E-state index in [9.17, 15) is 9.90 Å². The minimum atomic E-state index is -1.12. The molecule has 0 unspecified atom stereocenters. The number of carbonyl (C=O) groups is 1. The molecule has 3 nitrogen and oxygen atoms in total. The largest absolute Gasteiger partial charge is 0.545 e. The van der Waals surface area contributed by atoms with Crippen molar-refractivity contribution in [1.29, 1.82) is 0 Å². The number of likely N-dealkylation sites (tertiary alicyclic amines) is 1. The average molecular weight is 300 g/mol. The van der Waals surface area contributed by atoms with Crippen molar-refractivity contribution in [2.24, 2.45) is 5.92 Å². The molecule has 0 aromatic heterocycles. The van der Waals surface area contributed by atoms with Crippen molar-refractivity contribution >= 4 is 5.97 Å². The molecule has 1 aliphatic heterocycles. The van der Waals surface area contributed by atoms with Gasteiger partial charge in [0.25, 0.3) is 0 Å². The Labute approximate surface area is 133 Å². The van der Waals surface area contributed by atoms with Crippen LogP contribution in [0.2, 0.25) is 0 Å². The highest BCUT2D eigenvalue weighted by Crippen LogP contribution is 2.44. The number of carboxylic acid groups (broad SMARTS) is 1. The summed E-state index contributed by atoms with van der Waals surface area (Å²) in [6.45, 7) is 13.4. The highest BCUT2D eigenvalue weighted by atomic mass is 16.4. The zero-order chi connectivity index (χ0) is 16.5. The second-order valence-electron chi connectivity index (χ2n) is 7.61. The van der Waals surface area contributed by atoms with Crippen molar-refractivity contribution in [2.75, 3.05) is 0 Å². The number of carbonyl (C=O) groups excluding carboxylic acids is 1. The molecule has 1 aliphatic rings. The molecule has 2 rings (SSSR count). The van der Waals surface area contributed by atoms with Crippen LogP contribution in [0, 0.1) is 5.92 Å². The molecular weight excluding hydrogens is 274 g/mol. The van der Waals surface area contributed by atoms with Crippen LogP contribution in [0.5, 0.6) is 0 Å². The van der Waals surface area contributed by atoms with E-state index in [1.54, 1.807) is 0 Å². The molecule has 1 heterocycles. The highest BCUT2D eigenvalue weighted by molar-refractivity contribution is 5.84. The van der Waals surface area contributed by atoms with E-state index in [1.165, 1.54) is 5.56 Å². The zero-order valence-electron chi connectivity index (χ0n) is 14.1. The average Bonchev–Trinajstić information content (AvgIpc) is 2.42. The molecule has 1 aromatic carbocycles. The number of piperidine rings is 1. The lowest BCUT2D eigenvalue weighted by molar-refractivity contribution is -0.300. The Morgan fingerprint density at radius 3 is 2.14 bits per heavy atom. The van der Waals surface area contributed by atoms with Crippen LogP contribution in [0.15, 0.2) is 42.5 Å².